The highest BCUT2D eigenvalue weighted by Gasteiger charge is 2.46. The highest BCUT2D eigenvalue weighted by molar-refractivity contribution is 5.02. The SMILES string of the molecule is CCC1CCC(CN)(N2CC(C)CC(C)C2C)C1. The molecule has 2 fully saturated rings. The average molecular weight is 252 g/mol. The largest absolute Gasteiger partial charge is 0.329 e. The summed E-state index contributed by atoms with van der Waals surface area (Å²) < 4.78 is 0. The Morgan fingerprint density at radius 2 is 2.00 bits per heavy atom. The molecule has 1 saturated carbocycles. The van der Waals surface area contributed by atoms with Gasteiger partial charge in [-0.05, 0) is 50.4 Å². The molecule has 1 saturated heterocycles. The highest BCUT2D eigenvalue weighted by atomic mass is 15.2. The Morgan fingerprint density at radius 3 is 2.56 bits per heavy atom. The standard InChI is InChI=1S/C16H32N2/c1-5-15-6-7-16(9-15,11-17)18-10-12(2)8-13(3)14(18)4/h12-15H,5-11,17H2,1-4H3. The van der Waals surface area contributed by atoms with Gasteiger partial charge in [-0.2, -0.15) is 0 Å². The van der Waals surface area contributed by atoms with Crippen LogP contribution in [0.15, 0.2) is 0 Å². The van der Waals surface area contributed by atoms with Crippen LogP contribution in [0.4, 0.5) is 0 Å². The normalized spacial score (nSPS) is 46.5. The van der Waals surface area contributed by atoms with Gasteiger partial charge < -0.3 is 5.73 Å². The van der Waals surface area contributed by atoms with Crippen molar-refractivity contribution in [1.82, 2.24) is 4.90 Å². The fourth-order valence-electron chi connectivity index (χ4n) is 4.47. The molecule has 2 rings (SSSR count). The van der Waals surface area contributed by atoms with Crippen LogP contribution in [0.2, 0.25) is 0 Å². The van der Waals surface area contributed by atoms with Gasteiger partial charge in [0.15, 0.2) is 0 Å². The molecule has 0 aromatic rings. The molecule has 2 N–H and O–H groups in total. The van der Waals surface area contributed by atoms with Gasteiger partial charge in [0.1, 0.15) is 0 Å². The predicted octanol–water partition coefficient (Wildman–Crippen LogP) is 3.26. The summed E-state index contributed by atoms with van der Waals surface area (Å²) >= 11 is 0. The second-order valence-corrected chi connectivity index (χ2v) is 7.16. The molecule has 5 unspecified atom stereocenters. The van der Waals surface area contributed by atoms with Crippen LogP contribution in [0.3, 0.4) is 0 Å². The first-order chi connectivity index (χ1) is 8.52. The first kappa shape index (κ1) is 14.3. The number of nitrogens with two attached hydrogens (primary N) is 1. The zero-order chi connectivity index (χ0) is 13.3. The van der Waals surface area contributed by atoms with Gasteiger partial charge in [0.25, 0.3) is 0 Å². The minimum atomic E-state index is 0.322. The highest BCUT2D eigenvalue weighted by Crippen LogP contribution is 2.44. The minimum absolute atomic E-state index is 0.322. The smallest absolute Gasteiger partial charge is 0.0337 e. The molecule has 2 aliphatic rings. The van der Waals surface area contributed by atoms with E-state index in [-0.39, 0.29) is 0 Å². The summed E-state index contributed by atoms with van der Waals surface area (Å²) in [6.07, 6.45) is 6.76. The van der Waals surface area contributed by atoms with Gasteiger partial charge in [-0.15, -0.1) is 0 Å². The lowest BCUT2D eigenvalue weighted by Gasteiger charge is -2.51. The fourth-order valence-corrected chi connectivity index (χ4v) is 4.47. The molecule has 0 amide bonds. The summed E-state index contributed by atoms with van der Waals surface area (Å²) in [5.74, 6) is 2.56. The van der Waals surface area contributed by atoms with E-state index in [1.807, 2.05) is 0 Å². The summed E-state index contributed by atoms with van der Waals surface area (Å²) in [4.78, 5) is 2.79. The van der Waals surface area contributed by atoms with E-state index in [4.69, 9.17) is 5.73 Å². The number of piperidine rings is 1. The van der Waals surface area contributed by atoms with Crippen LogP contribution in [-0.4, -0.2) is 29.6 Å². The maximum absolute atomic E-state index is 6.23. The van der Waals surface area contributed by atoms with Crippen molar-refractivity contribution in [2.24, 2.45) is 23.5 Å². The van der Waals surface area contributed by atoms with Crippen molar-refractivity contribution in [3.63, 3.8) is 0 Å². The van der Waals surface area contributed by atoms with Crippen LogP contribution < -0.4 is 5.73 Å². The number of hydrogen-bond donors (Lipinski definition) is 1. The Hall–Kier alpha value is -0.0800. The monoisotopic (exact) mass is 252 g/mol. The van der Waals surface area contributed by atoms with Crippen LogP contribution in [0.5, 0.6) is 0 Å². The minimum Gasteiger partial charge on any atom is -0.329 e. The van der Waals surface area contributed by atoms with E-state index >= 15 is 0 Å². The zero-order valence-electron chi connectivity index (χ0n) is 12.8. The van der Waals surface area contributed by atoms with Crippen molar-refractivity contribution >= 4 is 0 Å². The quantitative estimate of drug-likeness (QED) is 0.835. The first-order valence-corrected chi connectivity index (χ1v) is 7.99. The van der Waals surface area contributed by atoms with E-state index in [1.54, 1.807) is 0 Å². The molecule has 0 radical (unpaired) electrons. The lowest BCUT2D eigenvalue weighted by Crippen LogP contribution is -2.60. The molecule has 2 heteroatoms. The summed E-state index contributed by atoms with van der Waals surface area (Å²) in [6, 6.07) is 0.709. The lowest BCUT2D eigenvalue weighted by molar-refractivity contribution is -0.0150. The molecule has 2 nitrogen and oxygen atoms in total. The number of likely N-dealkylation sites (tertiary alicyclic amines) is 1. The van der Waals surface area contributed by atoms with Gasteiger partial charge in [0.2, 0.25) is 0 Å². The zero-order valence-corrected chi connectivity index (χ0v) is 12.8. The van der Waals surface area contributed by atoms with E-state index < -0.39 is 0 Å². The van der Waals surface area contributed by atoms with Gasteiger partial charge in [-0.1, -0.05) is 27.2 Å². The topological polar surface area (TPSA) is 29.3 Å². The van der Waals surface area contributed by atoms with Crippen LogP contribution in [0.25, 0.3) is 0 Å². The summed E-state index contributed by atoms with van der Waals surface area (Å²) in [5, 5.41) is 0. The van der Waals surface area contributed by atoms with Gasteiger partial charge in [0.05, 0.1) is 0 Å². The molecule has 5 atom stereocenters. The van der Waals surface area contributed by atoms with Crippen molar-refractivity contribution in [1.29, 1.82) is 0 Å². The van der Waals surface area contributed by atoms with E-state index in [2.05, 4.69) is 32.6 Å². The number of hydrogen-bond acceptors (Lipinski definition) is 2. The lowest BCUT2D eigenvalue weighted by atomic mass is 9.80. The van der Waals surface area contributed by atoms with Crippen molar-refractivity contribution in [2.75, 3.05) is 13.1 Å². The van der Waals surface area contributed by atoms with Crippen LogP contribution >= 0.6 is 0 Å². The second-order valence-electron chi connectivity index (χ2n) is 7.16. The molecule has 0 spiro atoms. The number of nitrogens with zero attached hydrogens (tertiary/aromatic N) is 1. The average Bonchev–Trinajstić information content (AvgIpc) is 2.78. The first-order valence-electron chi connectivity index (χ1n) is 7.99. The predicted molar refractivity (Wildman–Crippen MR) is 78.5 cm³/mol. The third kappa shape index (κ3) is 2.46. The Morgan fingerprint density at radius 1 is 1.28 bits per heavy atom. The van der Waals surface area contributed by atoms with E-state index in [0.29, 0.717) is 11.6 Å². The summed E-state index contributed by atoms with van der Waals surface area (Å²) in [7, 11) is 0. The molecule has 1 heterocycles. The van der Waals surface area contributed by atoms with Crippen LogP contribution in [0.1, 0.15) is 59.8 Å². The van der Waals surface area contributed by atoms with Crippen LogP contribution in [0, 0.1) is 17.8 Å². The van der Waals surface area contributed by atoms with E-state index in [9.17, 15) is 0 Å². The van der Waals surface area contributed by atoms with E-state index in [0.717, 1.165) is 24.3 Å². The van der Waals surface area contributed by atoms with Gasteiger partial charge in [0, 0.05) is 24.7 Å². The number of rotatable bonds is 3. The molecule has 18 heavy (non-hydrogen) atoms. The van der Waals surface area contributed by atoms with Gasteiger partial charge in [-0.3, -0.25) is 4.90 Å². The van der Waals surface area contributed by atoms with Gasteiger partial charge in [-0.25, -0.2) is 0 Å². The third-order valence-electron chi connectivity index (χ3n) is 5.85. The molecule has 0 bridgehead atoms. The molecule has 0 aromatic heterocycles. The molecule has 1 aliphatic carbocycles. The van der Waals surface area contributed by atoms with Crippen molar-refractivity contribution in [2.45, 2.75) is 71.4 Å². The molecule has 1 aliphatic heterocycles. The van der Waals surface area contributed by atoms with Crippen molar-refractivity contribution in [3.05, 3.63) is 0 Å². The fraction of sp³-hybridized carbons (Fsp3) is 1.00. The van der Waals surface area contributed by atoms with Crippen molar-refractivity contribution in [3.8, 4) is 0 Å². The second kappa shape index (κ2) is 5.50. The third-order valence-corrected chi connectivity index (χ3v) is 5.85. The molecular weight excluding hydrogens is 220 g/mol. The molecular formula is C16H32N2. The summed E-state index contributed by atoms with van der Waals surface area (Å²) in [6.45, 7) is 11.7. The Bertz CT molecular complexity index is 278. The Balaban J connectivity index is 2.16. The molecule has 106 valence electrons. The Labute approximate surface area is 113 Å². The summed E-state index contributed by atoms with van der Waals surface area (Å²) in [5.41, 5.74) is 6.55. The Kier molecular flexibility index (Phi) is 4.38. The van der Waals surface area contributed by atoms with Crippen molar-refractivity contribution < 1.29 is 0 Å². The maximum atomic E-state index is 6.23. The van der Waals surface area contributed by atoms with E-state index in [1.165, 1.54) is 38.6 Å². The van der Waals surface area contributed by atoms with Crippen LogP contribution in [-0.2, 0) is 0 Å². The van der Waals surface area contributed by atoms with Gasteiger partial charge >= 0.3 is 0 Å². The maximum Gasteiger partial charge on any atom is 0.0337 e. The molecule has 0 aromatic carbocycles.